The third-order valence-corrected chi connectivity index (χ3v) is 2.86. The first-order chi connectivity index (χ1) is 8.69. The molecule has 0 radical (unpaired) electrons. The van der Waals surface area contributed by atoms with Crippen LogP contribution in [0.3, 0.4) is 0 Å². The second-order valence-corrected chi connectivity index (χ2v) is 4.64. The van der Waals surface area contributed by atoms with Crippen LogP contribution in [-0.4, -0.2) is 10.9 Å². The van der Waals surface area contributed by atoms with Crippen LogP contribution in [0.2, 0.25) is 0 Å². The molecule has 0 unspecified atom stereocenters. The van der Waals surface area contributed by atoms with Gasteiger partial charge in [0.05, 0.1) is 11.6 Å². The van der Waals surface area contributed by atoms with Crippen LogP contribution in [0.15, 0.2) is 41.0 Å². The van der Waals surface area contributed by atoms with Crippen LogP contribution in [0.4, 0.5) is 0 Å². The fourth-order valence-electron chi connectivity index (χ4n) is 1.53. The molecule has 0 saturated carbocycles. The highest BCUT2D eigenvalue weighted by molar-refractivity contribution is 9.10. The van der Waals surface area contributed by atoms with Gasteiger partial charge in [-0.1, -0.05) is 12.1 Å². The summed E-state index contributed by atoms with van der Waals surface area (Å²) in [6, 6.07) is 10.9. The van der Waals surface area contributed by atoms with Crippen LogP contribution >= 0.6 is 15.9 Å². The van der Waals surface area contributed by atoms with Crippen LogP contribution in [0.1, 0.15) is 21.6 Å². The Hall–Kier alpha value is -2.06. The van der Waals surface area contributed by atoms with Gasteiger partial charge in [-0.25, -0.2) is 0 Å². The van der Waals surface area contributed by atoms with E-state index in [0.29, 0.717) is 17.8 Å². The van der Waals surface area contributed by atoms with Crippen molar-refractivity contribution in [1.29, 1.82) is 5.26 Å². The highest BCUT2D eigenvalue weighted by Gasteiger charge is 2.07. The fourth-order valence-corrected chi connectivity index (χ4v) is 1.87. The molecule has 1 heterocycles. The summed E-state index contributed by atoms with van der Waals surface area (Å²) in [5, 5.41) is 11.6. The van der Waals surface area contributed by atoms with Crippen molar-refractivity contribution < 1.29 is 4.79 Å². The van der Waals surface area contributed by atoms with Crippen molar-refractivity contribution in [2.75, 3.05) is 0 Å². The maximum atomic E-state index is 11.8. The molecule has 0 aliphatic heterocycles. The summed E-state index contributed by atoms with van der Waals surface area (Å²) in [4.78, 5) is 14.6. The summed E-state index contributed by atoms with van der Waals surface area (Å²) in [6.45, 7) is 0.394. The largest absolute Gasteiger partial charge is 0.356 e. The van der Waals surface area contributed by atoms with Crippen LogP contribution < -0.4 is 5.32 Å². The molecule has 0 aliphatic carbocycles. The summed E-state index contributed by atoms with van der Waals surface area (Å²) in [5.41, 5.74) is 1.98. The topological polar surface area (TPSA) is 68.7 Å². The highest BCUT2D eigenvalue weighted by atomic mass is 79.9. The SMILES string of the molecule is N#Cc1cccc(CNC(=O)c2cc(Br)c[nH]2)c1. The molecular weight excluding hydrogens is 294 g/mol. The van der Waals surface area contributed by atoms with Gasteiger partial charge in [0.1, 0.15) is 5.69 Å². The molecule has 0 atom stereocenters. The number of halogens is 1. The van der Waals surface area contributed by atoms with Crippen LogP contribution in [0.5, 0.6) is 0 Å². The maximum Gasteiger partial charge on any atom is 0.267 e. The van der Waals surface area contributed by atoms with E-state index in [0.717, 1.165) is 10.0 Å². The first-order valence-electron chi connectivity index (χ1n) is 5.30. The molecule has 5 heteroatoms. The van der Waals surface area contributed by atoms with Crippen LogP contribution in [0.25, 0.3) is 0 Å². The minimum Gasteiger partial charge on any atom is -0.356 e. The molecule has 0 fully saturated rings. The van der Waals surface area contributed by atoms with Gasteiger partial charge in [0.2, 0.25) is 0 Å². The van der Waals surface area contributed by atoms with Crippen molar-refractivity contribution in [3.8, 4) is 6.07 Å². The Morgan fingerprint density at radius 2 is 2.28 bits per heavy atom. The van der Waals surface area contributed by atoms with Crippen molar-refractivity contribution in [1.82, 2.24) is 10.3 Å². The predicted molar refractivity (Wildman–Crippen MR) is 70.8 cm³/mol. The minimum absolute atomic E-state index is 0.178. The zero-order chi connectivity index (χ0) is 13.0. The molecule has 2 rings (SSSR count). The van der Waals surface area contributed by atoms with Gasteiger partial charge in [-0.05, 0) is 39.7 Å². The standard InChI is InChI=1S/C13H10BrN3O/c14-11-5-12(16-8-11)13(18)17-7-10-3-1-2-9(4-10)6-15/h1-5,8,16H,7H2,(H,17,18). The van der Waals surface area contributed by atoms with E-state index in [-0.39, 0.29) is 5.91 Å². The number of hydrogen-bond donors (Lipinski definition) is 2. The average molecular weight is 304 g/mol. The lowest BCUT2D eigenvalue weighted by Crippen LogP contribution is -2.23. The summed E-state index contributed by atoms with van der Waals surface area (Å²) in [7, 11) is 0. The first-order valence-corrected chi connectivity index (χ1v) is 6.09. The number of nitriles is 1. The number of benzene rings is 1. The number of carbonyl (C=O) groups excluding carboxylic acids is 1. The molecule has 1 amide bonds. The molecule has 0 aliphatic rings. The summed E-state index contributed by atoms with van der Waals surface area (Å²) >= 11 is 3.27. The fraction of sp³-hybridized carbons (Fsp3) is 0.0769. The lowest BCUT2D eigenvalue weighted by molar-refractivity contribution is 0.0946. The number of nitrogens with zero attached hydrogens (tertiary/aromatic N) is 1. The number of hydrogen-bond acceptors (Lipinski definition) is 2. The van der Waals surface area contributed by atoms with Crippen molar-refractivity contribution in [2.45, 2.75) is 6.54 Å². The molecular formula is C13H10BrN3O. The number of H-pyrrole nitrogens is 1. The average Bonchev–Trinajstić information content (AvgIpc) is 2.83. The van der Waals surface area contributed by atoms with Crippen molar-refractivity contribution in [2.24, 2.45) is 0 Å². The van der Waals surface area contributed by atoms with Gasteiger partial charge in [0, 0.05) is 17.2 Å². The van der Waals surface area contributed by atoms with Crippen molar-refractivity contribution >= 4 is 21.8 Å². The first kappa shape index (κ1) is 12.4. The van der Waals surface area contributed by atoms with E-state index in [1.807, 2.05) is 6.07 Å². The van der Waals surface area contributed by atoms with Gasteiger partial charge in [0.15, 0.2) is 0 Å². The zero-order valence-corrected chi connectivity index (χ0v) is 11.0. The number of aromatic nitrogens is 1. The molecule has 1 aromatic heterocycles. The molecule has 2 aromatic rings. The monoisotopic (exact) mass is 303 g/mol. The molecule has 0 bridgehead atoms. The van der Waals surface area contributed by atoms with Gasteiger partial charge in [-0.3, -0.25) is 4.79 Å². The molecule has 4 nitrogen and oxygen atoms in total. The Balaban J connectivity index is 1.99. The number of carbonyl (C=O) groups is 1. The van der Waals surface area contributed by atoms with Crippen LogP contribution in [-0.2, 0) is 6.54 Å². The predicted octanol–water partition coefficient (Wildman–Crippen LogP) is 2.58. The molecule has 1 aromatic carbocycles. The van der Waals surface area contributed by atoms with E-state index in [1.54, 1.807) is 30.5 Å². The van der Waals surface area contributed by atoms with Gasteiger partial charge in [0.25, 0.3) is 5.91 Å². The smallest absolute Gasteiger partial charge is 0.267 e. The normalized spacial score (nSPS) is 9.78. The summed E-state index contributed by atoms with van der Waals surface area (Å²) < 4.78 is 0.833. The molecule has 0 saturated heterocycles. The zero-order valence-electron chi connectivity index (χ0n) is 9.40. The lowest BCUT2D eigenvalue weighted by Gasteiger charge is -2.04. The lowest BCUT2D eigenvalue weighted by atomic mass is 10.1. The van der Waals surface area contributed by atoms with E-state index >= 15 is 0 Å². The third-order valence-electron chi connectivity index (χ3n) is 2.40. The van der Waals surface area contributed by atoms with Gasteiger partial charge in [-0.2, -0.15) is 5.26 Å². The third kappa shape index (κ3) is 2.99. The van der Waals surface area contributed by atoms with Gasteiger partial charge in [-0.15, -0.1) is 0 Å². The number of aromatic amines is 1. The Morgan fingerprint density at radius 1 is 1.44 bits per heavy atom. The minimum atomic E-state index is -0.178. The van der Waals surface area contributed by atoms with E-state index in [2.05, 4.69) is 32.3 Å². The molecule has 90 valence electrons. The van der Waals surface area contributed by atoms with Crippen molar-refractivity contribution in [3.05, 3.63) is 57.8 Å². The number of nitrogens with one attached hydrogen (secondary N) is 2. The van der Waals surface area contributed by atoms with Crippen LogP contribution in [0, 0.1) is 11.3 Å². The molecule has 18 heavy (non-hydrogen) atoms. The Labute approximate surface area is 113 Å². The van der Waals surface area contributed by atoms with E-state index in [4.69, 9.17) is 5.26 Å². The highest BCUT2D eigenvalue weighted by Crippen LogP contribution is 2.10. The Kier molecular flexibility index (Phi) is 3.80. The molecule has 2 N–H and O–H groups in total. The molecule has 0 spiro atoms. The Morgan fingerprint density at radius 3 is 2.94 bits per heavy atom. The number of amides is 1. The quantitative estimate of drug-likeness (QED) is 0.915. The van der Waals surface area contributed by atoms with E-state index in [9.17, 15) is 4.79 Å². The Bertz CT molecular complexity index is 613. The van der Waals surface area contributed by atoms with Crippen molar-refractivity contribution in [3.63, 3.8) is 0 Å². The van der Waals surface area contributed by atoms with E-state index < -0.39 is 0 Å². The second-order valence-electron chi connectivity index (χ2n) is 3.73. The summed E-state index contributed by atoms with van der Waals surface area (Å²) in [6.07, 6.45) is 1.70. The number of rotatable bonds is 3. The van der Waals surface area contributed by atoms with E-state index in [1.165, 1.54) is 0 Å². The summed E-state index contributed by atoms with van der Waals surface area (Å²) in [5.74, 6) is -0.178. The van der Waals surface area contributed by atoms with Gasteiger partial charge < -0.3 is 10.3 Å². The second kappa shape index (κ2) is 5.52. The van der Waals surface area contributed by atoms with Gasteiger partial charge >= 0.3 is 0 Å². The maximum absolute atomic E-state index is 11.8.